The van der Waals surface area contributed by atoms with Gasteiger partial charge in [-0.05, 0) is 37.5 Å². The van der Waals surface area contributed by atoms with Crippen molar-refractivity contribution in [2.45, 2.75) is 63.5 Å². The maximum absolute atomic E-state index is 14.2. The van der Waals surface area contributed by atoms with Crippen molar-refractivity contribution in [1.29, 1.82) is 5.41 Å². The number of nitro benzene ring substituents is 1. The van der Waals surface area contributed by atoms with E-state index in [1.54, 1.807) is 42.1 Å². The SMILES string of the molecule is CCOC(=O)Cn1cc2c(n1)CC1CCC2N1C(=O)[C@H](Cc1ccc([N+](=O)[O-])cc1)NC(=O)c1ccc(C(=N)N)cc1.O=C(O)C(F)(F)F. The van der Waals surface area contributed by atoms with Gasteiger partial charge in [0.1, 0.15) is 18.4 Å². The number of fused-ring (bicyclic) bond motifs is 4. The predicted octanol–water partition coefficient (Wildman–Crippen LogP) is 2.90. The molecule has 0 radical (unpaired) electrons. The number of rotatable bonds is 10. The van der Waals surface area contributed by atoms with Gasteiger partial charge in [0.25, 0.3) is 11.6 Å². The summed E-state index contributed by atoms with van der Waals surface area (Å²) in [7, 11) is 0. The highest BCUT2D eigenvalue weighted by atomic mass is 19.4. The van der Waals surface area contributed by atoms with E-state index in [0.717, 1.165) is 24.1 Å². The quantitative estimate of drug-likeness (QED) is 0.0802. The van der Waals surface area contributed by atoms with Gasteiger partial charge in [-0.15, -0.1) is 0 Å². The first-order chi connectivity index (χ1) is 23.1. The van der Waals surface area contributed by atoms with E-state index in [9.17, 15) is 37.7 Å². The molecule has 2 bridgehead atoms. The summed E-state index contributed by atoms with van der Waals surface area (Å²) in [6, 6.07) is 10.8. The number of aromatic nitrogens is 2. The van der Waals surface area contributed by atoms with Crippen molar-refractivity contribution < 1.29 is 47.1 Å². The van der Waals surface area contributed by atoms with Crippen LogP contribution in [0.25, 0.3) is 0 Å². The molecule has 3 aromatic rings. The molecule has 2 amide bonds. The Labute approximate surface area is 276 Å². The van der Waals surface area contributed by atoms with Gasteiger partial charge in [-0.3, -0.25) is 34.6 Å². The van der Waals surface area contributed by atoms with Crippen molar-refractivity contribution in [1.82, 2.24) is 20.0 Å². The minimum absolute atomic E-state index is 0.0204. The van der Waals surface area contributed by atoms with E-state index in [-0.39, 0.29) is 49.1 Å². The normalized spacial score (nSPS) is 16.8. The number of carboxylic acid groups (broad SMARTS) is 1. The van der Waals surface area contributed by atoms with Crippen LogP contribution in [0.5, 0.6) is 0 Å². The number of nitrogen functional groups attached to an aromatic ring is 1. The highest BCUT2D eigenvalue weighted by Gasteiger charge is 2.46. The van der Waals surface area contributed by atoms with Gasteiger partial charge in [-0.1, -0.05) is 24.3 Å². The average molecular weight is 688 g/mol. The number of nitrogens with zero attached hydrogens (tertiary/aromatic N) is 4. The zero-order chi connectivity index (χ0) is 36.0. The third-order valence-corrected chi connectivity index (χ3v) is 7.90. The van der Waals surface area contributed by atoms with Gasteiger partial charge in [0.2, 0.25) is 5.91 Å². The summed E-state index contributed by atoms with van der Waals surface area (Å²) >= 11 is 0. The van der Waals surface area contributed by atoms with Gasteiger partial charge in [-0.2, -0.15) is 18.3 Å². The van der Waals surface area contributed by atoms with E-state index in [0.29, 0.717) is 23.1 Å². The molecule has 1 fully saturated rings. The molecule has 1 saturated heterocycles. The molecule has 3 atom stereocenters. The molecule has 260 valence electrons. The topological polar surface area (TPSA) is 224 Å². The number of carboxylic acids is 1. The number of esters is 1. The third-order valence-electron chi connectivity index (χ3n) is 7.90. The van der Waals surface area contributed by atoms with Crippen LogP contribution >= 0.6 is 0 Å². The maximum atomic E-state index is 14.2. The van der Waals surface area contributed by atoms with E-state index in [2.05, 4.69) is 10.4 Å². The van der Waals surface area contributed by atoms with Crippen LogP contribution in [0.2, 0.25) is 0 Å². The van der Waals surface area contributed by atoms with Crippen molar-refractivity contribution in [3.8, 4) is 0 Å². The van der Waals surface area contributed by atoms with Gasteiger partial charge in [0.15, 0.2) is 0 Å². The fourth-order valence-corrected chi connectivity index (χ4v) is 5.69. The van der Waals surface area contributed by atoms with Crippen LogP contribution in [-0.4, -0.2) is 79.2 Å². The number of aliphatic carboxylic acids is 1. The highest BCUT2D eigenvalue weighted by molar-refractivity contribution is 6.00. The largest absolute Gasteiger partial charge is 0.490 e. The first-order valence-corrected chi connectivity index (χ1v) is 14.9. The lowest BCUT2D eigenvalue weighted by Crippen LogP contribution is -2.53. The number of alkyl halides is 3. The number of nitrogens with two attached hydrogens (primary N) is 1. The second kappa shape index (κ2) is 15.0. The average Bonchev–Trinajstić information content (AvgIpc) is 3.60. The second-order valence-electron chi connectivity index (χ2n) is 11.2. The molecule has 2 aromatic carbocycles. The highest BCUT2D eigenvalue weighted by Crippen LogP contribution is 2.43. The summed E-state index contributed by atoms with van der Waals surface area (Å²) in [5, 5.41) is 33.3. The fourth-order valence-electron chi connectivity index (χ4n) is 5.69. The number of non-ortho nitro benzene ring substituents is 1. The van der Waals surface area contributed by atoms with E-state index >= 15 is 0 Å². The van der Waals surface area contributed by atoms with Gasteiger partial charge in [0, 0.05) is 53.9 Å². The summed E-state index contributed by atoms with van der Waals surface area (Å²) in [5.74, 6) is -4.01. The lowest BCUT2D eigenvalue weighted by Gasteiger charge is -2.37. The number of amidine groups is 1. The smallest absolute Gasteiger partial charge is 0.475 e. The van der Waals surface area contributed by atoms with Crippen LogP contribution in [-0.2, 0) is 38.5 Å². The Morgan fingerprint density at radius 2 is 1.73 bits per heavy atom. The molecule has 2 unspecified atom stereocenters. The Balaban J connectivity index is 0.000000698. The van der Waals surface area contributed by atoms with Gasteiger partial charge in [-0.25, -0.2) is 4.79 Å². The maximum Gasteiger partial charge on any atom is 0.490 e. The molecule has 18 heteroatoms. The molecule has 15 nitrogen and oxygen atoms in total. The van der Waals surface area contributed by atoms with Crippen LogP contribution in [0, 0.1) is 15.5 Å². The minimum Gasteiger partial charge on any atom is -0.475 e. The van der Waals surface area contributed by atoms with Crippen molar-refractivity contribution in [3.63, 3.8) is 0 Å². The number of halogens is 3. The Kier molecular flexibility index (Phi) is 11.0. The number of ether oxygens (including phenoxy) is 1. The van der Waals surface area contributed by atoms with Crippen LogP contribution in [0.4, 0.5) is 18.9 Å². The molecule has 1 aromatic heterocycles. The van der Waals surface area contributed by atoms with Crippen molar-refractivity contribution in [2.75, 3.05) is 6.61 Å². The molecular formula is C31H32F3N7O8. The molecule has 2 aliphatic heterocycles. The zero-order valence-corrected chi connectivity index (χ0v) is 26.0. The summed E-state index contributed by atoms with van der Waals surface area (Å²) in [4.78, 5) is 60.8. The van der Waals surface area contributed by atoms with E-state index < -0.39 is 35.0 Å². The lowest BCUT2D eigenvalue weighted by molar-refractivity contribution is -0.384. The number of nitrogens with one attached hydrogen (secondary N) is 2. The Morgan fingerprint density at radius 3 is 2.29 bits per heavy atom. The van der Waals surface area contributed by atoms with E-state index in [4.69, 9.17) is 25.8 Å². The first-order valence-electron chi connectivity index (χ1n) is 14.9. The molecule has 0 saturated carbocycles. The van der Waals surface area contributed by atoms with Crippen molar-refractivity contribution in [2.24, 2.45) is 5.73 Å². The Bertz CT molecular complexity index is 1740. The van der Waals surface area contributed by atoms with Crippen molar-refractivity contribution in [3.05, 3.63) is 92.8 Å². The Morgan fingerprint density at radius 1 is 1.12 bits per heavy atom. The van der Waals surface area contributed by atoms with Crippen LogP contribution < -0.4 is 11.1 Å². The number of carbonyl (C=O) groups excluding carboxylic acids is 3. The number of benzene rings is 2. The molecule has 5 N–H and O–H groups in total. The number of hydrogen-bond donors (Lipinski definition) is 4. The number of amides is 2. The molecular weight excluding hydrogens is 655 g/mol. The minimum atomic E-state index is -5.08. The number of carbonyl (C=O) groups is 4. The third kappa shape index (κ3) is 8.76. The summed E-state index contributed by atoms with van der Waals surface area (Å²) < 4.78 is 38.3. The second-order valence-corrected chi connectivity index (χ2v) is 11.2. The van der Waals surface area contributed by atoms with Gasteiger partial charge in [0.05, 0.1) is 23.3 Å². The Hall–Kier alpha value is -5.81. The predicted molar refractivity (Wildman–Crippen MR) is 164 cm³/mol. The lowest BCUT2D eigenvalue weighted by atomic mass is 9.97. The molecule has 49 heavy (non-hydrogen) atoms. The van der Waals surface area contributed by atoms with Gasteiger partial charge < -0.3 is 25.8 Å². The standard InChI is InChI=1S/C29H31N7O6.C2HF3O2/c1-2-42-26(37)16-34-15-22-23(33-34)14-21-11-12-25(22)35(21)29(39)24(13-17-3-9-20(10-4-17)36(40)41)32-28(38)19-7-5-18(6-8-19)27(30)31;3-2(4,5)1(6)7/h3-10,15,21,24-25H,2,11-14,16H2,1H3,(H3,30,31)(H,32,38);(H,6,7)/t21?,24-,25?;/m0./s1. The summed E-state index contributed by atoms with van der Waals surface area (Å²) in [5.41, 5.74) is 8.59. The van der Waals surface area contributed by atoms with Crippen molar-refractivity contribution >= 4 is 35.3 Å². The molecule has 0 aliphatic carbocycles. The molecule has 3 heterocycles. The first kappa shape index (κ1) is 36.0. The van der Waals surface area contributed by atoms with Crippen LogP contribution in [0.3, 0.4) is 0 Å². The van der Waals surface area contributed by atoms with E-state index in [1.165, 1.54) is 24.3 Å². The zero-order valence-electron chi connectivity index (χ0n) is 26.0. The summed E-state index contributed by atoms with van der Waals surface area (Å²) in [6.07, 6.45) is -1.15. The van der Waals surface area contributed by atoms with Gasteiger partial charge >= 0.3 is 18.1 Å². The number of hydrogen-bond acceptors (Lipinski definition) is 9. The van der Waals surface area contributed by atoms with Crippen LogP contribution in [0.15, 0.2) is 54.7 Å². The van der Waals surface area contributed by atoms with Crippen LogP contribution in [0.1, 0.15) is 58.5 Å². The number of nitro groups is 1. The fraction of sp³-hybridized carbons (Fsp3) is 0.355. The molecule has 0 spiro atoms. The molecule has 2 aliphatic rings. The van der Waals surface area contributed by atoms with E-state index in [1.807, 2.05) is 4.90 Å². The summed E-state index contributed by atoms with van der Waals surface area (Å²) in [6.45, 7) is 1.99. The molecule has 5 rings (SSSR count). The monoisotopic (exact) mass is 687 g/mol.